The predicted octanol–water partition coefficient (Wildman–Crippen LogP) is 9.65. The lowest BCUT2D eigenvalue weighted by atomic mass is 9.63. The number of benzene rings is 3. The van der Waals surface area contributed by atoms with Crippen molar-refractivity contribution in [2.45, 2.75) is 104 Å². The van der Waals surface area contributed by atoms with Crippen molar-refractivity contribution in [3.8, 4) is 28.0 Å². The van der Waals surface area contributed by atoms with Crippen LogP contribution in [0.25, 0.3) is 22.3 Å². The van der Waals surface area contributed by atoms with Gasteiger partial charge < -0.3 is 10.1 Å². The third-order valence-electron chi connectivity index (χ3n) is 8.42. The molecule has 0 heterocycles. The zero-order chi connectivity index (χ0) is 27.5. The van der Waals surface area contributed by atoms with E-state index in [1.54, 1.807) is 0 Å². The van der Waals surface area contributed by atoms with Crippen LogP contribution in [0.1, 0.15) is 104 Å². The minimum atomic E-state index is 0.174. The molecule has 0 unspecified atom stereocenters. The summed E-state index contributed by atoms with van der Waals surface area (Å²) in [7, 11) is 0. The van der Waals surface area contributed by atoms with E-state index in [2.05, 4.69) is 121 Å². The van der Waals surface area contributed by atoms with Gasteiger partial charge in [0, 0.05) is 11.6 Å². The Labute approximate surface area is 232 Å². The predicted molar refractivity (Wildman–Crippen MR) is 165 cm³/mol. The Morgan fingerprint density at radius 1 is 0.737 bits per heavy atom. The second kappa shape index (κ2) is 11.7. The van der Waals surface area contributed by atoms with Crippen LogP contribution in [0.15, 0.2) is 60.7 Å². The minimum absolute atomic E-state index is 0.174. The lowest BCUT2D eigenvalue weighted by Gasteiger charge is -2.42. The molecule has 0 aromatic heterocycles. The average molecular weight is 512 g/mol. The molecule has 0 bridgehead atoms. The third-order valence-corrected chi connectivity index (χ3v) is 8.42. The fourth-order valence-corrected chi connectivity index (χ4v) is 5.87. The topological polar surface area (TPSA) is 21.3 Å². The molecule has 2 heteroatoms. The van der Waals surface area contributed by atoms with Gasteiger partial charge in [0.1, 0.15) is 5.75 Å². The van der Waals surface area contributed by atoms with Crippen molar-refractivity contribution >= 4 is 0 Å². The fraction of sp³-hybridized carbons (Fsp3) is 0.500. The highest BCUT2D eigenvalue weighted by molar-refractivity contribution is 5.80. The maximum atomic E-state index is 6.48. The largest absolute Gasteiger partial charge is 0.493 e. The van der Waals surface area contributed by atoms with E-state index in [9.17, 15) is 0 Å². The molecular weight excluding hydrogens is 462 g/mol. The molecular formula is C36H49NO. The molecule has 0 spiro atoms. The van der Waals surface area contributed by atoms with Crippen LogP contribution < -0.4 is 10.1 Å². The van der Waals surface area contributed by atoms with E-state index in [1.807, 2.05) is 0 Å². The standard InChI is InChI=1S/C36H49NO/c1-25(2)29-13-9-10-14-30(29)27-16-18-34(38-22-12-11-21-37-26(3)4)31(23-27)28-15-17-32-33(24-28)36(7,8)20-19-35(32,5)6/h9-10,13-18,23-26,37H,11-12,19-22H2,1-8H3. The number of nitrogens with one attached hydrogen (secondary N) is 1. The Morgan fingerprint density at radius 3 is 2.11 bits per heavy atom. The molecule has 204 valence electrons. The van der Waals surface area contributed by atoms with Crippen LogP contribution in [0, 0.1) is 0 Å². The SMILES string of the molecule is CC(C)NCCCCOc1ccc(-c2ccccc2C(C)C)cc1-c1ccc2c(c1)C(C)(C)CCC2(C)C. The van der Waals surface area contributed by atoms with E-state index >= 15 is 0 Å². The summed E-state index contributed by atoms with van der Waals surface area (Å²) in [5.74, 6) is 1.46. The number of rotatable bonds is 10. The number of fused-ring (bicyclic) bond motifs is 1. The highest BCUT2D eigenvalue weighted by Gasteiger charge is 2.37. The van der Waals surface area contributed by atoms with Crippen molar-refractivity contribution in [1.82, 2.24) is 5.32 Å². The van der Waals surface area contributed by atoms with Gasteiger partial charge in [0.15, 0.2) is 0 Å². The van der Waals surface area contributed by atoms with E-state index < -0.39 is 0 Å². The van der Waals surface area contributed by atoms with E-state index in [1.165, 1.54) is 51.8 Å². The van der Waals surface area contributed by atoms with Crippen LogP contribution >= 0.6 is 0 Å². The molecule has 38 heavy (non-hydrogen) atoms. The molecule has 2 nitrogen and oxygen atoms in total. The van der Waals surface area contributed by atoms with Crippen molar-refractivity contribution in [1.29, 1.82) is 0 Å². The van der Waals surface area contributed by atoms with Crippen LogP contribution in [-0.2, 0) is 10.8 Å². The van der Waals surface area contributed by atoms with Gasteiger partial charge in [0.05, 0.1) is 6.61 Å². The van der Waals surface area contributed by atoms with E-state index in [0.717, 1.165) is 31.7 Å². The Morgan fingerprint density at radius 2 is 1.39 bits per heavy atom. The van der Waals surface area contributed by atoms with Crippen molar-refractivity contribution in [3.63, 3.8) is 0 Å². The zero-order valence-electron chi connectivity index (χ0n) is 25.1. The molecule has 0 saturated carbocycles. The van der Waals surface area contributed by atoms with E-state index in [4.69, 9.17) is 4.74 Å². The monoisotopic (exact) mass is 511 g/mol. The van der Waals surface area contributed by atoms with Gasteiger partial charge >= 0.3 is 0 Å². The summed E-state index contributed by atoms with van der Waals surface area (Å²) >= 11 is 0. The summed E-state index contributed by atoms with van der Waals surface area (Å²) in [6.45, 7) is 20.3. The second-order valence-corrected chi connectivity index (χ2v) is 13.1. The lowest BCUT2D eigenvalue weighted by Crippen LogP contribution is -2.33. The van der Waals surface area contributed by atoms with Crippen molar-refractivity contribution in [2.75, 3.05) is 13.2 Å². The van der Waals surface area contributed by atoms with Gasteiger partial charge in [0.25, 0.3) is 0 Å². The second-order valence-electron chi connectivity index (χ2n) is 13.1. The average Bonchev–Trinajstić information content (AvgIpc) is 2.88. The highest BCUT2D eigenvalue weighted by Crippen LogP contribution is 2.47. The van der Waals surface area contributed by atoms with Crippen molar-refractivity contribution < 1.29 is 4.74 Å². The molecule has 0 radical (unpaired) electrons. The maximum Gasteiger partial charge on any atom is 0.127 e. The molecule has 4 rings (SSSR count). The van der Waals surface area contributed by atoms with E-state index in [-0.39, 0.29) is 10.8 Å². The van der Waals surface area contributed by atoms with Gasteiger partial charge in [-0.1, -0.05) is 104 Å². The molecule has 1 aliphatic carbocycles. The van der Waals surface area contributed by atoms with Crippen LogP contribution in [0.3, 0.4) is 0 Å². The summed E-state index contributed by atoms with van der Waals surface area (Å²) in [4.78, 5) is 0. The zero-order valence-corrected chi connectivity index (χ0v) is 25.1. The normalized spacial score (nSPS) is 16.1. The van der Waals surface area contributed by atoms with Crippen molar-refractivity contribution in [3.05, 3.63) is 77.4 Å². The van der Waals surface area contributed by atoms with Crippen LogP contribution in [-0.4, -0.2) is 19.2 Å². The Hall–Kier alpha value is -2.58. The van der Waals surface area contributed by atoms with Gasteiger partial charge in [-0.25, -0.2) is 0 Å². The highest BCUT2D eigenvalue weighted by atomic mass is 16.5. The molecule has 0 saturated heterocycles. The number of unbranched alkanes of at least 4 members (excludes halogenated alkanes) is 1. The molecule has 0 aliphatic heterocycles. The number of ether oxygens (including phenoxy) is 1. The summed E-state index contributed by atoms with van der Waals surface area (Å²) in [5, 5.41) is 3.51. The summed E-state index contributed by atoms with van der Waals surface area (Å²) < 4.78 is 6.48. The van der Waals surface area contributed by atoms with Gasteiger partial charge in [-0.15, -0.1) is 0 Å². The van der Waals surface area contributed by atoms with E-state index in [0.29, 0.717) is 12.0 Å². The Bertz CT molecular complexity index is 1230. The molecule has 0 fully saturated rings. The lowest BCUT2D eigenvalue weighted by molar-refractivity contribution is 0.306. The number of hydrogen-bond donors (Lipinski definition) is 1. The first kappa shape index (κ1) is 28.4. The summed E-state index contributed by atoms with van der Waals surface area (Å²) in [6.07, 6.45) is 4.61. The van der Waals surface area contributed by atoms with Gasteiger partial charge in [-0.3, -0.25) is 0 Å². The molecule has 0 atom stereocenters. The fourth-order valence-electron chi connectivity index (χ4n) is 5.87. The molecule has 1 aliphatic rings. The molecule has 1 N–H and O–H groups in total. The first-order valence-electron chi connectivity index (χ1n) is 14.7. The Kier molecular flexibility index (Phi) is 8.72. The molecule has 3 aromatic carbocycles. The number of hydrogen-bond acceptors (Lipinski definition) is 2. The van der Waals surface area contributed by atoms with Crippen molar-refractivity contribution in [2.24, 2.45) is 0 Å². The minimum Gasteiger partial charge on any atom is -0.493 e. The Balaban J connectivity index is 1.73. The summed E-state index contributed by atoms with van der Waals surface area (Å²) in [6, 6.07) is 23.3. The summed E-state index contributed by atoms with van der Waals surface area (Å²) in [5.41, 5.74) is 9.79. The first-order chi connectivity index (χ1) is 18.0. The van der Waals surface area contributed by atoms with Gasteiger partial charge in [-0.05, 0) is 94.5 Å². The quantitative estimate of drug-likeness (QED) is 0.274. The van der Waals surface area contributed by atoms with Crippen LogP contribution in [0.2, 0.25) is 0 Å². The molecule has 0 amide bonds. The van der Waals surface area contributed by atoms with Gasteiger partial charge in [-0.2, -0.15) is 0 Å². The van der Waals surface area contributed by atoms with Crippen LogP contribution in [0.4, 0.5) is 0 Å². The first-order valence-corrected chi connectivity index (χ1v) is 14.7. The third kappa shape index (κ3) is 6.34. The van der Waals surface area contributed by atoms with Gasteiger partial charge in [0.2, 0.25) is 0 Å². The smallest absolute Gasteiger partial charge is 0.127 e. The maximum absolute atomic E-state index is 6.48. The molecule has 3 aromatic rings. The van der Waals surface area contributed by atoms with Crippen LogP contribution in [0.5, 0.6) is 5.75 Å².